The molecule has 0 unspecified atom stereocenters. The van der Waals surface area contributed by atoms with Crippen molar-refractivity contribution < 1.29 is 9.90 Å². The smallest absolute Gasteiger partial charge is 0.267 e. The van der Waals surface area contributed by atoms with E-state index in [2.05, 4.69) is 15.5 Å². The third kappa shape index (κ3) is 2.49. The zero-order chi connectivity index (χ0) is 17.6. The van der Waals surface area contributed by atoms with Gasteiger partial charge in [-0.25, -0.2) is 0 Å². The molecule has 0 spiro atoms. The number of aryl methyl sites for hydroxylation is 3. The molecule has 7 nitrogen and oxygen atoms in total. The highest BCUT2D eigenvalue weighted by Crippen LogP contribution is 2.32. The Labute approximate surface area is 146 Å². The van der Waals surface area contributed by atoms with Gasteiger partial charge in [0.15, 0.2) is 0 Å². The quantitative estimate of drug-likeness (QED) is 0.751. The Balaban J connectivity index is 1.85. The Morgan fingerprint density at radius 3 is 3.00 bits per heavy atom. The molecule has 1 aliphatic heterocycles. The van der Waals surface area contributed by atoms with E-state index < -0.39 is 11.5 Å². The van der Waals surface area contributed by atoms with E-state index in [1.807, 2.05) is 19.1 Å². The molecule has 0 saturated carbocycles. The first-order valence-electron chi connectivity index (χ1n) is 8.11. The number of anilines is 1. The maximum atomic E-state index is 12.8. The first-order valence-corrected chi connectivity index (χ1v) is 8.93. The molecule has 3 aromatic rings. The molecule has 1 amide bonds. The molecule has 128 valence electrons. The van der Waals surface area contributed by atoms with Crippen molar-refractivity contribution in [2.24, 2.45) is 0 Å². The lowest BCUT2D eigenvalue weighted by molar-refractivity contribution is 0.102. The van der Waals surface area contributed by atoms with Crippen molar-refractivity contribution in [3.8, 4) is 5.75 Å². The minimum atomic E-state index is -0.664. The number of amides is 1. The number of hydrogen-bond acceptors (Lipinski definition) is 6. The van der Waals surface area contributed by atoms with Crippen LogP contribution in [0.25, 0.3) is 10.9 Å². The molecule has 0 bridgehead atoms. The Morgan fingerprint density at radius 2 is 2.24 bits per heavy atom. The van der Waals surface area contributed by atoms with Crippen LogP contribution < -0.4 is 10.9 Å². The largest absolute Gasteiger partial charge is 0.506 e. The van der Waals surface area contributed by atoms with Crippen LogP contribution in [0.4, 0.5) is 5.13 Å². The second-order valence-electron chi connectivity index (χ2n) is 5.91. The Morgan fingerprint density at radius 1 is 1.40 bits per heavy atom. The van der Waals surface area contributed by atoms with Gasteiger partial charge in [-0.2, -0.15) is 0 Å². The van der Waals surface area contributed by atoms with Crippen LogP contribution in [0.1, 0.15) is 34.3 Å². The number of hydrogen-bond donors (Lipinski definition) is 2. The van der Waals surface area contributed by atoms with Gasteiger partial charge in [-0.3, -0.25) is 14.9 Å². The van der Waals surface area contributed by atoms with E-state index in [1.54, 1.807) is 10.6 Å². The summed E-state index contributed by atoms with van der Waals surface area (Å²) in [5, 5.41) is 22.6. The van der Waals surface area contributed by atoms with Crippen LogP contribution in [0.15, 0.2) is 23.0 Å². The van der Waals surface area contributed by atoms with Gasteiger partial charge in [-0.05, 0) is 30.9 Å². The van der Waals surface area contributed by atoms with E-state index in [-0.39, 0.29) is 11.3 Å². The Bertz CT molecular complexity index is 1050. The first-order chi connectivity index (χ1) is 12.1. The SMILES string of the molecule is CCc1nnc(NC(=O)c2c(O)c3cccc4c3n(c2=O)CCC4)s1. The fraction of sp³-hybridized carbons (Fsp3) is 0.294. The van der Waals surface area contributed by atoms with Crippen molar-refractivity contribution in [2.75, 3.05) is 5.32 Å². The molecular weight excluding hydrogens is 340 g/mol. The summed E-state index contributed by atoms with van der Waals surface area (Å²) in [4.78, 5) is 25.4. The van der Waals surface area contributed by atoms with Gasteiger partial charge >= 0.3 is 0 Å². The third-order valence-electron chi connectivity index (χ3n) is 4.39. The average molecular weight is 356 g/mol. The lowest BCUT2D eigenvalue weighted by Gasteiger charge is -2.21. The van der Waals surface area contributed by atoms with Crippen LogP contribution in [0, 0.1) is 0 Å². The number of carbonyl (C=O) groups excluding carboxylic acids is 1. The number of para-hydroxylation sites is 1. The Kier molecular flexibility index (Phi) is 3.76. The van der Waals surface area contributed by atoms with Gasteiger partial charge in [-0.15, -0.1) is 10.2 Å². The number of aromatic hydroxyl groups is 1. The average Bonchev–Trinajstić information content (AvgIpc) is 3.07. The molecule has 2 aromatic heterocycles. The third-order valence-corrected chi connectivity index (χ3v) is 5.37. The molecular formula is C17H16N4O3S. The molecule has 1 aliphatic rings. The maximum Gasteiger partial charge on any atom is 0.267 e. The van der Waals surface area contributed by atoms with E-state index in [0.29, 0.717) is 23.5 Å². The van der Waals surface area contributed by atoms with Gasteiger partial charge in [0.2, 0.25) is 5.13 Å². The van der Waals surface area contributed by atoms with E-state index in [4.69, 9.17) is 0 Å². The van der Waals surface area contributed by atoms with Crippen LogP contribution in [0.5, 0.6) is 5.75 Å². The van der Waals surface area contributed by atoms with Crippen molar-refractivity contribution in [3.63, 3.8) is 0 Å². The highest BCUT2D eigenvalue weighted by atomic mass is 32.1. The van der Waals surface area contributed by atoms with Gasteiger partial charge in [0.25, 0.3) is 11.5 Å². The predicted octanol–water partition coefficient (Wildman–Crippen LogP) is 2.32. The van der Waals surface area contributed by atoms with Crippen LogP contribution in [0.2, 0.25) is 0 Å². The van der Waals surface area contributed by atoms with E-state index >= 15 is 0 Å². The topological polar surface area (TPSA) is 97.1 Å². The van der Waals surface area contributed by atoms with Crippen molar-refractivity contribution in [3.05, 3.63) is 44.7 Å². The van der Waals surface area contributed by atoms with Crippen LogP contribution in [-0.2, 0) is 19.4 Å². The molecule has 0 fully saturated rings. The summed E-state index contributed by atoms with van der Waals surface area (Å²) in [7, 11) is 0. The number of nitrogens with zero attached hydrogens (tertiary/aromatic N) is 3. The van der Waals surface area contributed by atoms with Crippen LogP contribution in [-0.4, -0.2) is 25.8 Å². The van der Waals surface area contributed by atoms with Crippen LogP contribution >= 0.6 is 11.3 Å². The fourth-order valence-electron chi connectivity index (χ4n) is 3.23. The molecule has 0 aliphatic carbocycles. The molecule has 3 heterocycles. The maximum absolute atomic E-state index is 12.8. The highest BCUT2D eigenvalue weighted by Gasteiger charge is 2.25. The molecule has 4 rings (SSSR count). The van der Waals surface area contributed by atoms with E-state index in [0.717, 1.165) is 28.9 Å². The standard InChI is InChI=1S/C17H16N4O3S/c1-2-11-19-20-17(25-11)18-15(23)12-14(22)10-7-3-5-9-6-4-8-21(13(9)10)16(12)24/h3,5,7,22H,2,4,6,8H2,1H3,(H,18,20,23). The van der Waals surface area contributed by atoms with Crippen molar-refractivity contribution >= 4 is 33.3 Å². The molecule has 2 N–H and O–H groups in total. The van der Waals surface area contributed by atoms with Gasteiger partial charge < -0.3 is 9.67 Å². The summed E-state index contributed by atoms with van der Waals surface area (Å²) in [6.07, 6.45) is 2.39. The van der Waals surface area contributed by atoms with E-state index in [9.17, 15) is 14.7 Å². The van der Waals surface area contributed by atoms with Gasteiger partial charge in [0, 0.05) is 11.9 Å². The summed E-state index contributed by atoms with van der Waals surface area (Å²) in [5.41, 5.74) is 1.01. The monoisotopic (exact) mass is 356 g/mol. The molecule has 25 heavy (non-hydrogen) atoms. The number of nitrogens with one attached hydrogen (secondary N) is 1. The lowest BCUT2D eigenvalue weighted by atomic mass is 9.99. The Hall–Kier alpha value is -2.74. The minimum Gasteiger partial charge on any atom is -0.506 e. The number of rotatable bonds is 3. The van der Waals surface area contributed by atoms with Crippen molar-refractivity contribution in [1.82, 2.24) is 14.8 Å². The number of carbonyl (C=O) groups is 1. The predicted molar refractivity (Wildman–Crippen MR) is 95.4 cm³/mol. The van der Waals surface area contributed by atoms with Gasteiger partial charge in [0.1, 0.15) is 16.3 Å². The summed E-state index contributed by atoms with van der Waals surface area (Å²) in [5.74, 6) is -0.944. The number of benzene rings is 1. The van der Waals surface area contributed by atoms with Crippen LogP contribution in [0.3, 0.4) is 0 Å². The molecule has 8 heteroatoms. The van der Waals surface area contributed by atoms with Crippen molar-refractivity contribution in [2.45, 2.75) is 32.7 Å². The second-order valence-corrected chi connectivity index (χ2v) is 6.97. The highest BCUT2D eigenvalue weighted by molar-refractivity contribution is 7.15. The molecule has 0 radical (unpaired) electrons. The first kappa shape index (κ1) is 15.8. The van der Waals surface area contributed by atoms with E-state index in [1.165, 1.54) is 11.3 Å². The number of pyridine rings is 1. The zero-order valence-electron chi connectivity index (χ0n) is 13.6. The summed E-state index contributed by atoms with van der Waals surface area (Å²) in [6, 6.07) is 5.51. The molecule has 1 aromatic carbocycles. The number of aromatic nitrogens is 3. The zero-order valence-corrected chi connectivity index (χ0v) is 14.4. The minimum absolute atomic E-state index is 0.250. The summed E-state index contributed by atoms with van der Waals surface area (Å²) in [6.45, 7) is 2.47. The lowest BCUT2D eigenvalue weighted by Crippen LogP contribution is -2.31. The second kappa shape index (κ2) is 5.96. The van der Waals surface area contributed by atoms with Gasteiger partial charge in [-0.1, -0.05) is 30.4 Å². The fourth-order valence-corrected chi connectivity index (χ4v) is 3.90. The summed E-state index contributed by atoms with van der Waals surface area (Å²) >= 11 is 1.25. The molecule has 0 saturated heterocycles. The summed E-state index contributed by atoms with van der Waals surface area (Å²) < 4.78 is 1.58. The normalized spacial score (nSPS) is 13.2. The van der Waals surface area contributed by atoms with Gasteiger partial charge in [0.05, 0.1) is 5.52 Å². The van der Waals surface area contributed by atoms with Crippen molar-refractivity contribution in [1.29, 1.82) is 0 Å². The molecule has 0 atom stereocenters.